The van der Waals surface area contributed by atoms with Gasteiger partial charge in [-0.1, -0.05) is 167 Å². The van der Waals surface area contributed by atoms with Gasteiger partial charge in [0.05, 0.1) is 6.10 Å². The van der Waals surface area contributed by atoms with E-state index in [1.165, 1.54) is 154 Å². The molecular weight excluding hydrogens is 412 g/mol. The first-order chi connectivity index (χ1) is 16.8. The summed E-state index contributed by atoms with van der Waals surface area (Å²) in [5.41, 5.74) is 0. The summed E-state index contributed by atoms with van der Waals surface area (Å²) in [6.45, 7) is 4.49. The minimum Gasteiger partial charge on any atom is -0.393 e. The molecule has 0 unspecified atom stereocenters. The Balaban J connectivity index is 3.19. The molecule has 0 aliphatic heterocycles. The highest BCUT2D eigenvalue weighted by Crippen LogP contribution is 2.14. The van der Waals surface area contributed by atoms with Crippen LogP contribution in [0.5, 0.6) is 0 Å². The lowest BCUT2D eigenvalue weighted by atomic mass is 10.0. The number of aliphatic hydroxyl groups is 1. The van der Waals surface area contributed by atoms with Crippen molar-refractivity contribution < 1.29 is 5.11 Å². The molecule has 34 heavy (non-hydrogen) atoms. The van der Waals surface area contributed by atoms with Gasteiger partial charge in [-0.2, -0.15) is 0 Å². The van der Waals surface area contributed by atoms with Gasteiger partial charge in [0.25, 0.3) is 0 Å². The van der Waals surface area contributed by atoms with Crippen LogP contribution in [0.1, 0.15) is 181 Å². The Morgan fingerprint density at radius 3 is 1.15 bits per heavy atom. The van der Waals surface area contributed by atoms with Crippen molar-refractivity contribution in [2.45, 2.75) is 187 Å². The molecule has 1 atom stereocenters. The third-order valence-electron chi connectivity index (χ3n) is 7.16. The third-order valence-corrected chi connectivity index (χ3v) is 7.16. The molecule has 0 saturated heterocycles. The molecule has 0 amide bonds. The molecule has 0 heterocycles. The van der Waals surface area contributed by atoms with Crippen molar-refractivity contribution in [3.63, 3.8) is 0 Å². The summed E-state index contributed by atoms with van der Waals surface area (Å²) in [5.74, 6) is 0. The van der Waals surface area contributed by atoms with Crippen LogP contribution in [-0.2, 0) is 0 Å². The highest BCUT2D eigenvalue weighted by Gasteiger charge is 2.02. The average molecular weight is 477 g/mol. The van der Waals surface area contributed by atoms with E-state index in [-0.39, 0.29) is 6.10 Å². The fraction of sp³-hybridized carbons (Fsp3) is 0.879. The molecule has 0 aromatic rings. The Bertz CT molecular complexity index is 411. The van der Waals surface area contributed by atoms with Crippen LogP contribution in [0.15, 0.2) is 24.3 Å². The Morgan fingerprint density at radius 2 is 0.735 bits per heavy atom. The summed E-state index contributed by atoms with van der Waals surface area (Å²) in [5, 5.41) is 9.85. The molecule has 202 valence electrons. The van der Waals surface area contributed by atoms with E-state index < -0.39 is 0 Å². The molecular formula is C33H64O. The molecule has 0 rings (SSSR count). The van der Waals surface area contributed by atoms with Gasteiger partial charge in [-0.25, -0.2) is 0 Å². The lowest BCUT2D eigenvalue weighted by Gasteiger charge is -2.08. The summed E-state index contributed by atoms with van der Waals surface area (Å²) in [7, 11) is 0. The fourth-order valence-electron chi connectivity index (χ4n) is 4.74. The molecule has 1 heteroatoms. The van der Waals surface area contributed by atoms with Crippen molar-refractivity contribution in [1.82, 2.24) is 0 Å². The maximum atomic E-state index is 9.85. The maximum Gasteiger partial charge on any atom is 0.0540 e. The minimum atomic E-state index is -0.0562. The first-order valence-corrected chi connectivity index (χ1v) is 15.8. The second-order valence-corrected chi connectivity index (χ2v) is 10.7. The number of rotatable bonds is 28. The minimum absolute atomic E-state index is 0.0562. The van der Waals surface area contributed by atoms with Crippen molar-refractivity contribution in [1.29, 1.82) is 0 Å². The van der Waals surface area contributed by atoms with E-state index in [9.17, 15) is 5.11 Å². The van der Waals surface area contributed by atoms with Gasteiger partial charge >= 0.3 is 0 Å². The van der Waals surface area contributed by atoms with E-state index in [1.54, 1.807) is 0 Å². The molecule has 0 aromatic heterocycles. The maximum absolute atomic E-state index is 9.85. The monoisotopic (exact) mass is 476 g/mol. The summed E-state index contributed by atoms with van der Waals surface area (Å²) >= 11 is 0. The van der Waals surface area contributed by atoms with E-state index in [4.69, 9.17) is 0 Å². The molecule has 1 nitrogen and oxygen atoms in total. The van der Waals surface area contributed by atoms with Crippen LogP contribution >= 0.6 is 0 Å². The molecule has 0 saturated carbocycles. The molecule has 0 aliphatic carbocycles. The van der Waals surface area contributed by atoms with Gasteiger partial charge in [0.1, 0.15) is 0 Å². The lowest BCUT2D eigenvalue weighted by Crippen LogP contribution is -2.05. The molecule has 0 aromatic carbocycles. The summed E-state index contributed by atoms with van der Waals surface area (Å²) in [4.78, 5) is 0. The number of hydrogen-bond donors (Lipinski definition) is 1. The molecule has 0 bridgehead atoms. The summed E-state index contributed by atoms with van der Waals surface area (Å²) < 4.78 is 0. The standard InChI is InChI=1S/C33H64O/c1-3-5-7-8-9-10-11-12-13-14-15-16-17-18-19-20-21-22-23-24-25-26-27-28-29-30-32-33(34)31-6-4-2/h22-25,33-34H,3-21,26-32H2,1-2H3/b23-22+,25-24+/t33-/m0/s1. The number of unbranched alkanes of at least 4 members (excludes halogenated alkanes) is 21. The van der Waals surface area contributed by atoms with Gasteiger partial charge in [-0.05, 0) is 38.5 Å². The van der Waals surface area contributed by atoms with Crippen molar-refractivity contribution in [3.05, 3.63) is 24.3 Å². The number of aliphatic hydroxyl groups excluding tert-OH is 1. The van der Waals surface area contributed by atoms with Crippen molar-refractivity contribution in [2.75, 3.05) is 0 Å². The van der Waals surface area contributed by atoms with Crippen LogP contribution in [0, 0.1) is 0 Å². The first kappa shape index (κ1) is 33.4. The van der Waals surface area contributed by atoms with E-state index in [2.05, 4.69) is 38.2 Å². The molecule has 0 fully saturated rings. The fourth-order valence-corrected chi connectivity index (χ4v) is 4.74. The SMILES string of the molecule is CCCCCCCCCCCCCCCCCC/C=C/C=C/CCCCCC[C@@H](O)CCCC. The smallest absolute Gasteiger partial charge is 0.0540 e. The van der Waals surface area contributed by atoms with Crippen LogP contribution in [0.4, 0.5) is 0 Å². The predicted molar refractivity (Wildman–Crippen MR) is 156 cm³/mol. The molecule has 0 aliphatic rings. The zero-order valence-corrected chi connectivity index (χ0v) is 23.7. The van der Waals surface area contributed by atoms with Crippen LogP contribution in [-0.4, -0.2) is 11.2 Å². The van der Waals surface area contributed by atoms with Crippen LogP contribution in [0.25, 0.3) is 0 Å². The van der Waals surface area contributed by atoms with Gasteiger partial charge in [-0.15, -0.1) is 0 Å². The summed E-state index contributed by atoms with van der Waals surface area (Å²) in [6.07, 6.45) is 44.0. The van der Waals surface area contributed by atoms with Gasteiger partial charge < -0.3 is 5.11 Å². The molecule has 0 radical (unpaired) electrons. The Kier molecular flexibility index (Phi) is 30.0. The highest BCUT2D eigenvalue weighted by molar-refractivity contribution is 5.02. The number of hydrogen-bond acceptors (Lipinski definition) is 1. The zero-order chi connectivity index (χ0) is 24.8. The Hall–Kier alpha value is -0.560. The molecule has 0 spiro atoms. The van der Waals surface area contributed by atoms with Crippen molar-refractivity contribution in [2.24, 2.45) is 0 Å². The average Bonchev–Trinajstić information content (AvgIpc) is 2.84. The highest BCUT2D eigenvalue weighted by atomic mass is 16.3. The van der Waals surface area contributed by atoms with Gasteiger partial charge in [-0.3, -0.25) is 0 Å². The number of allylic oxidation sites excluding steroid dienone is 4. The van der Waals surface area contributed by atoms with E-state index in [0.29, 0.717) is 0 Å². The Morgan fingerprint density at radius 1 is 0.412 bits per heavy atom. The van der Waals surface area contributed by atoms with E-state index in [1.807, 2.05) is 0 Å². The van der Waals surface area contributed by atoms with E-state index in [0.717, 1.165) is 12.8 Å². The van der Waals surface area contributed by atoms with Crippen LogP contribution in [0.2, 0.25) is 0 Å². The topological polar surface area (TPSA) is 20.2 Å². The second kappa shape index (κ2) is 30.5. The Labute approximate surface area is 216 Å². The predicted octanol–water partition coefficient (Wildman–Crippen LogP) is 11.6. The van der Waals surface area contributed by atoms with Crippen molar-refractivity contribution in [3.8, 4) is 0 Å². The van der Waals surface area contributed by atoms with Gasteiger partial charge in [0.15, 0.2) is 0 Å². The quantitative estimate of drug-likeness (QED) is 0.0879. The third kappa shape index (κ3) is 29.5. The lowest BCUT2D eigenvalue weighted by molar-refractivity contribution is 0.148. The first-order valence-electron chi connectivity index (χ1n) is 15.8. The normalized spacial score (nSPS) is 12.9. The van der Waals surface area contributed by atoms with Gasteiger partial charge in [0, 0.05) is 0 Å². The largest absolute Gasteiger partial charge is 0.393 e. The zero-order valence-electron chi connectivity index (χ0n) is 23.7. The second-order valence-electron chi connectivity index (χ2n) is 10.7. The van der Waals surface area contributed by atoms with Crippen LogP contribution < -0.4 is 0 Å². The van der Waals surface area contributed by atoms with Crippen LogP contribution in [0.3, 0.4) is 0 Å². The van der Waals surface area contributed by atoms with E-state index >= 15 is 0 Å². The van der Waals surface area contributed by atoms with Gasteiger partial charge in [0.2, 0.25) is 0 Å². The summed E-state index contributed by atoms with van der Waals surface area (Å²) in [6, 6.07) is 0. The molecule has 1 N–H and O–H groups in total. The van der Waals surface area contributed by atoms with Crippen molar-refractivity contribution >= 4 is 0 Å².